The summed E-state index contributed by atoms with van der Waals surface area (Å²) >= 11 is 0. The molecule has 0 saturated heterocycles. The zero-order valence-electron chi connectivity index (χ0n) is 15.3. The van der Waals surface area contributed by atoms with Crippen molar-refractivity contribution >= 4 is 18.1 Å². The summed E-state index contributed by atoms with van der Waals surface area (Å²) in [6.45, 7) is 4.45. The highest BCUT2D eigenvalue weighted by molar-refractivity contribution is 5.89. The van der Waals surface area contributed by atoms with Gasteiger partial charge in [-0.25, -0.2) is 4.39 Å². The fourth-order valence-electron chi connectivity index (χ4n) is 2.43. The molecule has 0 spiro atoms. The Morgan fingerprint density at radius 3 is 2.65 bits per heavy atom. The summed E-state index contributed by atoms with van der Waals surface area (Å²) in [6.07, 6.45) is 2.98. The minimum atomic E-state index is -0.820. The molecule has 0 aliphatic heterocycles. The van der Waals surface area contributed by atoms with E-state index in [9.17, 15) is 18.8 Å². The first-order valence-electron chi connectivity index (χ1n) is 8.87. The molecule has 1 atom stereocenters. The zero-order valence-corrected chi connectivity index (χ0v) is 15.3. The summed E-state index contributed by atoms with van der Waals surface area (Å²) in [7, 11) is 0. The summed E-state index contributed by atoms with van der Waals surface area (Å²) in [5.74, 6) is -0.441. The van der Waals surface area contributed by atoms with Crippen LogP contribution in [0.4, 0.5) is 4.39 Å². The summed E-state index contributed by atoms with van der Waals surface area (Å²) in [5.41, 5.74) is 0.800. The summed E-state index contributed by atoms with van der Waals surface area (Å²) in [4.78, 5) is 34.3. The van der Waals surface area contributed by atoms with E-state index in [0.29, 0.717) is 31.6 Å². The number of aryl methyl sites for hydroxylation is 1. The van der Waals surface area contributed by atoms with Crippen molar-refractivity contribution in [2.45, 2.75) is 52.0 Å². The molecule has 6 nitrogen and oxygen atoms in total. The first kappa shape index (κ1) is 21.6. The van der Waals surface area contributed by atoms with Gasteiger partial charge in [0.25, 0.3) is 0 Å². The lowest BCUT2D eigenvalue weighted by Crippen LogP contribution is -2.46. The van der Waals surface area contributed by atoms with Crippen molar-refractivity contribution < 1.29 is 23.5 Å². The lowest BCUT2D eigenvalue weighted by Gasteiger charge is -2.15. The Balaban J connectivity index is 2.22. The Labute approximate surface area is 153 Å². The molecule has 7 heteroatoms. The van der Waals surface area contributed by atoms with Crippen molar-refractivity contribution in [1.29, 1.82) is 0 Å². The van der Waals surface area contributed by atoms with Gasteiger partial charge in [-0.2, -0.15) is 0 Å². The number of rotatable bonds is 12. The summed E-state index contributed by atoms with van der Waals surface area (Å²) in [6, 6.07) is 3.73. The van der Waals surface area contributed by atoms with Gasteiger partial charge < -0.3 is 20.2 Å². The molecule has 26 heavy (non-hydrogen) atoms. The number of nitrogens with one attached hydrogen (secondary N) is 2. The van der Waals surface area contributed by atoms with Crippen LogP contribution in [0.5, 0.6) is 5.75 Å². The normalized spacial score (nSPS) is 11.5. The number of unbranched alkanes of at least 4 members (excludes halogenated alkanes) is 2. The first-order chi connectivity index (χ1) is 12.5. The van der Waals surface area contributed by atoms with Crippen molar-refractivity contribution in [2.75, 3.05) is 13.2 Å². The van der Waals surface area contributed by atoms with Gasteiger partial charge in [-0.05, 0) is 50.8 Å². The number of carbonyl (C=O) groups is 3. The van der Waals surface area contributed by atoms with Crippen molar-refractivity contribution in [3.63, 3.8) is 0 Å². The number of carbonyl (C=O) groups excluding carboxylic acids is 3. The lowest BCUT2D eigenvalue weighted by atomic mass is 10.1. The molecule has 0 aromatic heterocycles. The predicted octanol–water partition coefficient (Wildman–Crippen LogP) is 2.28. The molecule has 0 aliphatic carbocycles. The molecular weight excluding hydrogens is 339 g/mol. The minimum absolute atomic E-state index is 0.0432. The third-order valence-electron chi connectivity index (χ3n) is 3.67. The van der Waals surface area contributed by atoms with E-state index < -0.39 is 6.04 Å². The molecule has 1 aromatic rings. The monoisotopic (exact) mass is 366 g/mol. The average molecular weight is 366 g/mol. The summed E-state index contributed by atoms with van der Waals surface area (Å²) in [5, 5.41) is 5.16. The number of halogens is 1. The van der Waals surface area contributed by atoms with Gasteiger partial charge in [-0.1, -0.05) is 0 Å². The first-order valence-corrected chi connectivity index (χ1v) is 8.87. The number of hydrogen-bond acceptors (Lipinski definition) is 4. The number of benzene rings is 1. The molecule has 0 saturated carbocycles. The van der Waals surface area contributed by atoms with Crippen LogP contribution in [0.15, 0.2) is 18.2 Å². The smallest absolute Gasteiger partial charge is 0.243 e. The molecule has 2 N–H and O–H groups in total. The topological polar surface area (TPSA) is 84.5 Å². The number of hydrogen-bond donors (Lipinski definition) is 2. The highest BCUT2D eigenvalue weighted by Gasteiger charge is 2.19. The van der Waals surface area contributed by atoms with Gasteiger partial charge in [-0.3, -0.25) is 9.59 Å². The van der Waals surface area contributed by atoms with Crippen LogP contribution in [-0.4, -0.2) is 37.3 Å². The van der Waals surface area contributed by atoms with Crippen molar-refractivity contribution in [3.05, 3.63) is 29.6 Å². The highest BCUT2D eigenvalue weighted by Crippen LogP contribution is 2.16. The molecule has 2 amide bonds. The van der Waals surface area contributed by atoms with Crippen LogP contribution in [-0.2, 0) is 14.4 Å². The fourth-order valence-corrected chi connectivity index (χ4v) is 2.43. The Morgan fingerprint density at radius 1 is 1.23 bits per heavy atom. The standard InChI is InChI=1S/C19H27FN2O4/c1-3-21-19(25)17(8-9-23)22-18(24)7-5-4-6-10-26-16-12-14(2)11-15(20)13-16/h9,11-13,17H,3-8,10H2,1-2H3,(H,21,25)(H,22,24). The number of likely N-dealkylation sites (N-methyl/N-ethyl adjacent to an activating group) is 1. The third-order valence-corrected chi connectivity index (χ3v) is 3.67. The minimum Gasteiger partial charge on any atom is -0.493 e. The van der Waals surface area contributed by atoms with Crippen LogP contribution >= 0.6 is 0 Å². The van der Waals surface area contributed by atoms with E-state index in [4.69, 9.17) is 4.74 Å². The molecule has 0 fully saturated rings. The Bertz CT molecular complexity index is 587. The highest BCUT2D eigenvalue weighted by atomic mass is 19.1. The predicted molar refractivity (Wildman–Crippen MR) is 96.4 cm³/mol. The van der Waals surface area contributed by atoms with E-state index in [1.54, 1.807) is 19.9 Å². The second-order valence-corrected chi connectivity index (χ2v) is 6.04. The quantitative estimate of drug-likeness (QED) is 0.439. The summed E-state index contributed by atoms with van der Waals surface area (Å²) < 4.78 is 18.7. The van der Waals surface area contributed by atoms with Crippen LogP contribution in [0, 0.1) is 12.7 Å². The van der Waals surface area contributed by atoms with E-state index in [1.807, 2.05) is 0 Å². The van der Waals surface area contributed by atoms with Gasteiger partial charge in [0.15, 0.2) is 0 Å². The number of aldehydes is 1. The van der Waals surface area contributed by atoms with Crippen molar-refractivity contribution in [1.82, 2.24) is 10.6 Å². The SMILES string of the molecule is CCNC(=O)C(CC=O)NC(=O)CCCCCOc1cc(C)cc(F)c1. The van der Waals surface area contributed by atoms with Crippen LogP contribution in [0.3, 0.4) is 0 Å². The molecule has 0 heterocycles. The van der Waals surface area contributed by atoms with Crippen LogP contribution in [0.2, 0.25) is 0 Å². The largest absolute Gasteiger partial charge is 0.493 e. The Morgan fingerprint density at radius 2 is 2.00 bits per heavy atom. The number of ether oxygens (including phenoxy) is 1. The fraction of sp³-hybridized carbons (Fsp3) is 0.526. The molecular formula is C19H27FN2O4. The molecule has 1 aromatic carbocycles. The van der Waals surface area contributed by atoms with Gasteiger partial charge in [0.1, 0.15) is 23.9 Å². The second kappa shape index (κ2) is 12.0. The van der Waals surface area contributed by atoms with Gasteiger partial charge >= 0.3 is 0 Å². The van der Waals surface area contributed by atoms with Crippen LogP contribution < -0.4 is 15.4 Å². The Hall–Kier alpha value is -2.44. The zero-order chi connectivity index (χ0) is 19.4. The maximum absolute atomic E-state index is 13.2. The molecule has 0 bridgehead atoms. The van der Waals surface area contributed by atoms with Crippen molar-refractivity contribution in [3.8, 4) is 5.75 Å². The lowest BCUT2D eigenvalue weighted by molar-refractivity contribution is -0.130. The molecule has 0 aliphatic rings. The van der Waals surface area contributed by atoms with Gasteiger partial charge in [0.05, 0.1) is 6.61 Å². The molecule has 1 rings (SSSR count). The van der Waals surface area contributed by atoms with Gasteiger partial charge in [-0.15, -0.1) is 0 Å². The molecule has 144 valence electrons. The third kappa shape index (κ3) is 8.60. The van der Waals surface area contributed by atoms with Crippen molar-refractivity contribution in [2.24, 2.45) is 0 Å². The Kier molecular flexibility index (Phi) is 9.97. The second-order valence-electron chi connectivity index (χ2n) is 6.04. The van der Waals surface area contributed by atoms with Crippen LogP contribution in [0.1, 0.15) is 44.6 Å². The average Bonchev–Trinajstić information content (AvgIpc) is 2.57. The molecule has 1 unspecified atom stereocenters. The van der Waals surface area contributed by atoms with E-state index in [-0.39, 0.29) is 30.5 Å². The van der Waals surface area contributed by atoms with E-state index in [0.717, 1.165) is 18.4 Å². The molecule has 0 radical (unpaired) electrons. The van der Waals surface area contributed by atoms with Gasteiger partial charge in [0, 0.05) is 25.5 Å². The van der Waals surface area contributed by atoms with E-state index in [1.165, 1.54) is 12.1 Å². The maximum atomic E-state index is 13.2. The van der Waals surface area contributed by atoms with Crippen LogP contribution in [0.25, 0.3) is 0 Å². The van der Waals surface area contributed by atoms with E-state index in [2.05, 4.69) is 10.6 Å². The van der Waals surface area contributed by atoms with E-state index >= 15 is 0 Å². The maximum Gasteiger partial charge on any atom is 0.243 e. The number of amides is 2. The van der Waals surface area contributed by atoms with Gasteiger partial charge in [0.2, 0.25) is 11.8 Å².